The molecule has 5 heteroatoms. The fourth-order valence-corrected chi connectivity index (χ4v) is 4.03. The molecule has 0 unspecified atom stereocenters. The van der Waals surface area contributed by atoms with Gasteiger partial charge in [0.2, 0.25) is 5.91 Å². The molecule has 1 saturated heterocycles. The lowest BCUT2D eigenvalue weighted by Crippen LogP contribution is -2.48. The van der Waals surface area contributed by atoms with Crippen molar-refractivity contribution in [3.63, 3.8) is 0 Å². The zero-order chi connectivity index (χ0) is 19.0. The average Bonchev–Trinajstić information content (AvgIpc) is 3.46. The molecule has 1 N–H and O–H groups in total. The minimum Gasteiger partial charge on any atom is -0.506 e. The summed E-state index contributed by atoms with van der Waals surface area (Å²) in [5.74, 6) is 0.353. The molecule has 2 aliphatic rings. The Morgan fingerprint density at radius 2 is 1.81 bits per heavy atom. The molecular weight excluding hydrogens is 338 g/mol. The van der Waals surface area contributed by atoms with Crippen LogP contribution in [0.2, 0.25) is 0 Å². The van der Waals surface area contributed by atoms with E-state index >= 15 is 0 Å². The molecule has 0 spiro atoms. The molecule has 2 fully saturated rings. The summed E-state index contributed by atoms with van der Waals surface area (Å²) in [6.07, 6.45) is 6.19. The normalized spacial score (nSPS) is 17.7. The van der Waals surface area contributed by atoms with Gasteiger partial charge in [0.25, 0.3) is 0 Å². The summed E-state index contributed by atoms with van der Waals surface area (Å²) in [5, 5.41) is 10.0. The first-order chi connectivity index (χ1) is 13.0. The number of aromatic hydroxyl groups is 1. The summed E-state index contributed by atoms with van der Waals surface area (Å²) in [7, 11) is 0. The van der Waals surface area contributed by atoms with Crippen LogP contribution in [0.3, 0.4) is 0 Å². The first kappa shape index (κ1) is 17.7. The second-order valence-corrected chi connectivity index (χ2v) is 7.56. The van der Waals surface area contributed by atoms with Crippen molar-refractivity contribution >= 4 is 17.7 Å². The maximum atomic E-state index is 12.6. The minimum absolute atomic E-state index is 0.0585. The van der Waals surface area contributed by atoms with Gasteiger partial charge in [0.15, 0.2) is 0 Å². The van der Waals surface area contributed by atoms with Gasteiger partial charge in [-0.25, -0.2) is 0 Å². The lowest BCUT2D eigenvalue weighted by atomic mass is 10.2. The number of aryl methyl sites for hydroxylation is 1. The summed E-state index contributed by atoms with van der Waals surface area (Å²) >= 11 is 0. The highest BCUT2D eigenvalue weighted by atomic mass is 16.3. The first-order valence-electron chi connectivity index (χ1n) is 9.73. The number of anilines is 1. The van der Waals surface area contributed by atoms with Crippen molar-refractivity contribution in [1.82, 2.24) is 9.47 Å². The van der Waals surface area contributed by atoms with E-state index in [0.717, 1.165) is 24.3 Å². The average molecular weight is 365 g/mol. The van der Waals surface area contributed by atoms with Crippen molar-refractivity contribution in [1.29, 1.82) is 0 Å². The Balaban J connectivity index is 1.38. The molecule has 1 amide bonds. The molecule has 1 aliphatic carbocycles. The fraction of sp³-hybridized carbons (Fsp3) is 0.409. The highest BCUT2D eigenvalue weighted by molar-refractivity contribution is 5.92. The molecule has 2 heterocycles. The fourth-order valence-electron chi connectivity index (χ4n) is 4.03. The Kier molecular flexibility index (Phi) is 4.68. The first-order valence-corrected chi connectivity index (χ1v) is 9.73. The van der Waals surface area contributed by atoms with E-state index in [4.69, 9.17) is 0 Å². The predicted molar refractivity (Wildman–Crippen MR) is 108 cm³/mol. The number of phenols is 1. The third-order valence-electron chi connectivity index (χ3n) is 5.65. The lowest BCUT2D eigenvalue weighted by molar-refractivity contribution is -0.126. The molecule has 2 aromatic rings. The number of amides is 1. The maximum absolute atomic E-state index is 12.6. The van der Waals surface area contributed by atoms with Crippen LogP contribution in [-0.2, 0) is 4.79 Å². The van der Waals surface area contributed by atoms with Gasteiger partial charge in [-0.15, -0.1) is 0 Å². The number of para-hydroxylation sites is 2. The number of hydrogen-bond donors (Lipinski definition) is 1. The predicted octanol–water partition coefficient (Wildman–Crippen LogP) is 3.51. The van der Waals surface area contributed by atoms with Crippen LogP contribution >= 0.6 is 0 Å². The molecule has 5 nitrogen and oxygen atoms in total. The second kappa shape index (κ2) is 7.14. The Bertz CT molecular complexity index is 872. The molecule has 142 valence electrons. The van der Waals surface area contributed by atoms with E-state index in [2.05, 4.69) is 29.4 Å². The minimum atomic E-state index is 0.0585. The number of benzene rings is 1. The third-order valence-corrected chi connectivity index (χ3v) is 5.65. The van der Waals surface area contributed by atoms with Crippen LogP contribution in [0.4, 0.5) is 5.69 Å². The number of rotatable bonds is 4. The summed E-state index contributed by atoms with van der Waals surface area (Å²) in [5.41, 5.74) is 4.51. The van der Waals surface area contributed by atoms with Crippen molar-refractivity contribution in [3.8, 4) is 5.75 Å². The van der Waals surface area contributed by atoms with E-state index in [9.17, 15) is 9.90 Å². The van der Waals surface area contributed by atoms with Gasteiger partial charge in [-0.1, -0.05) is 12.1 Å². The SMILES string of the molecule is Cc1cc(/C=C/C(=O)N2CCN(c3ccccc3O)CC2)c(C)n1C1CC1. The topological polar surface area (TPSA) is 48.7 Å². The van der Waals surface area contributed by atoms with E-state index in [1.165, 1.54) is 24.2 Å². The Hall–Kier alpha value is -2.69. The Labute approximate surface area is 160 Å². The van der Waals surface area contributed by atoms with Crippen LogP contribution in [0.15, 0.2) is 36.4 Å². The van der Waals surface area contributed by atoms with Gasteiger partial charge in [0, 0.05) is 49.7 Å². The largest absolute Gasteiger partial charge is 0.506 e. The van der Waals surface area contributed by atoms with Crippen LogP contribution in [0.1, 0.15) is 35.8 Å². The van der Waals surface area contributed by atoms with Crippen LogP contribution < -0.4 is 4.90 Å². The molecule has 0 radical (unpaired) electrons. The molecular formula is C22H27N3O2. The zero-order valence-electron chi connectivity index (χ0n) is 16.1. The summed E-state index contributed by atoms with van der Waals surface area (Å²) < 4.78 is 2.40. The van der Waals surface area contributed by atoms with Crippen LogP contribution in [0.25, 0.3) is 6.08 Å². The third kappa shape index (κ3) is 3.59. The van der Waals surface area contributed by atoms with Gasteiger partial charge in [-0.2, -0.15) is 0 Å². The molecule has 4 rings (SSSR count). The monoisotopic (exact) mass is 365 g/mol. The van der Waals surface area contributed by atoms with Crippen molar-refractivity contribution in [2.75, 3.05) is 31.1 Å². The van der Waals surface area contributed by atoms with Gasteiger partial charge in [-0.3, -0.25) is 4.79 Å². The molecule has 1 saturated carbocycles. The lowest BCUT2D eigenvalue weighted by Gasteiger charge is -2.35. The van der Waals surface area contributed by atoms with Crippen molar-refractivity contribution in [2.45, 2.75) is 32.7 Å². The highest BCUT2D eigenvalue weighted by Gasteiger charge is 2.26. The number of hydrogen-bond acceptors (Lipinski definition) is 3. The molecule has 1 aliphatic heterocycles. The quantitative estimate of drug-likeness (QED) is 0.844. The molecule has 0 atom stereocenters. The smallest absolute Gasteiger partial charge is 0.246 e. The number of piperazine rings is 1. The number of nitrogens with zero attached hydrogens (tertiary/aromatic N) is 3. The molecule has 27 heavy (non-hydrogen) atoms. The van der Waals surface area contributed by atoms with Crippen LogP contribution in [-0.4, -0.2) is 46.7 Å². The zero-order valence-corrected chi connectivity index (χ0v) is 16.1. The van der Waals surface area contributed by atoms with E-state index in [-0.39, 0.29) is 5.91 Å². The molecule has 1 aromatic heterocycles. The van der Waals surface area contributed by atoms with Gasteiger partial charge in [0.05, 0.1) is 5.69 Å². The number of phenolic OH excluding ortho intramolecular Hbond substituents is 1. The second-order valence-electron chi connectivity index (χ2n) is 7.56. The van der Waals surface area contributed by atoms with Crippen molar-refractivity contribution in [3.05, 3.63) is 53.4 Å². The standard InChI is InChI=1S/C22H27N3O2/c1-16-15-18(17(2)25(16)19-8-9-19)7-10-22(27)24-13-11-23(12-14-24)20-5-3-4-6-21(20)26/h3-7,10,15,19,26H,8-9,11-14H2,1-2H3/b10-7+. The summed E-state index contributed by atoms with van der Waals surface area (Å²) in [6.45, 7) is 7.07. The number of aromatic nitrogens is 1. The van der Waals surface area contributed by atoms with Gasteiger partial charge in [-0.05, 0) is 56.5 Å². The van der Waals surface area contributed by atoms with Gasteiger partial charge < -0.3 is 19.5 Å². The maximum Gasteiger partial charge on any atom is 0.246 e. The highest BCUT2D eigenvalue weighted by Crippen LogP contribution is 2.38. The molecule has 0 bridgehead atoms. The van der Waals surface area contributed by atoms with Crippen LogP contribution in [0.5, 0.6) is 5.75 Å². The van der Waals surface area contributed by atoms with E-state index < -0.39 is 0 Å². The van der Waals surface area contributed by atoms with E-state index in [0.29, 0.717) is 24.9 Å². The number of carbonyl (C=O) groups is 1. The summed E-state index contributed by atoms with van der Waals surface area (Å²) in [6, 6.07) is 10.2. The molecule has 1 aromatic carbocycles. The number of carbonyl (C=O) groups excluding carboxylic acids is 1. The van der Waals surface area contributed by atoms with Gasteiger partial charge in [0.1, 0.15) is 5.75 Å². The van der Waals surface area contributed by atoms with Crippen molar-refractivity contribution in [2.24, 2.45) is 0 Å². The van der Waals surface area contributed by atoms with E-state index in [1.807, 2.05) is 29.2 Å². The summed E-state index contributed by atoms with van der Waals surface area (Å²) in [4.78, 5) is 16.6. The Morgan fingerprint density at radius 3 is 2.48 bits per heavy atom. The van der Waals surface area contributed by atoms with Gasteiger partial charge >= 0.3 is 0 Å². The van der Waals surface area contributed by atoms with E-state index in [1.54, 1.807) is 12.1 Å². The Morgan fingerprint density at radius 1 is 1.11 bits per heavy atom. The van der Waals surface area contributed by atoms with Crippen LogP contribution in [0, 0.1) is 13.8 Å². The van der Waals surface area contributed by atoms with Crippen molar-refractivity contribution < 1.29 is 9.90 Å².